The Kier molecular flexibility index (Phi) is 8.74. The average molecular weight is 586 g/mol. The van der Waals surface area contributed by atoms with Crippen molar-refractivity contribution in [1.82, 2.24) is 20.2 Å². The zero-order chi connectivity index (χ0) is 29.8. The van der Waals surface area contributed by atoms with Gasteiger partial charge < -0.3 is 29.7 Å². The Morgan fingerprint density at radius 1 is 1.02 bits per heavy atom. The number of carbonyl (C=O) groups is 2. The van der Waals surface area contributed by atoms with E-state index in [1.54, 1.807) is 11.1 Å². The lowest BCUT2D eigenvalue weighted by molar-refractivity contribution is 0.0917. The number of nitrogens with one attached hydrogen (secondary N) is 1. The predicted molar refractivity (Wildman–Crippen MR) is 162 cm³/mol. The maximum Gasteiger partial charge on any atom is 0.410 e. The SMILES string of the molecule is CCOc1ncccc1-c1ccc(N2CC[C@H](O)C[C@@H]2C2CC2)c(C(=O)N[C@@H]2CCN(C(=O)OCc3ccccc3)C2)n1. The van der Waals surface area contributed by atoms with Gasteiger partial charge in [-0.3, -0.25) is 4.79 Å². The Bertz CT molecular complexity index is 1430. The summed E-state index contributed by atoms with van der Waals surface area (Å²) in [5.74, 6) is 0.691. The van der Waals surface area contributed by atoms with Gasteiger partial charge in [-0.2, -0.15) is 0 Å². The van der Waals surface area contributed by atoms with Crippen molar-refractivity contribution in [2.24, 2.45) is 5.92 Å². The van der Waals surface area contributed by atoms with E-state index in [2.05, 4.69) is 15.2 Å². The Labute approximate surface area is 252 Å². The van der Waals surface area contributed by atoms with E-state index in [-0.39, 0.29) is 36.8 Å². The molecule has 43 heavy (non-hydrogen) atoms. The summed E-state index contributed by atoms with van der Waals surface area (Å²) < 4.78 is 11.3. The van der Waals surface area contributed by atoms with Crippen LogP contribution >= 0.6 is 0 Å². The Balaban J connectivity index is 1.22. The van der Waals surface area contributed by atoms with Gasteiger partial charge >= 0.3 is 6.09 Å². The predicted octanol–water partition coefficient (Wildman–Crippen LogP) is 4.42. The van der Waals surface area contributed by atoms with Gasteiger partial charge in [0.15, 0.2) is 5.69 Å². The van der Waals surface area contributed by atoms with Crippen molar-refractivity contribution >= 4 is 17.7 Å². The van der Waals surface area contributed by atoms with Gasteiger partial charge in [0.05, 0.1) is 29.7 Å². The number of aliphatic hydroxyl groups excluding tert-OH is 1. The molecule has 2 aromatic heterocycles. The molecule has 3 fully saturated rings. The molecule has 0 bridgehead atoms. The number of hydrogen-bond acceptors (Lipinski definition) is 8. The molecule has 0 radical (unpaired) electrons. The first-order valence-corrected chi connectivity index (χ1v) is 15.3. The van der Waals surface area contributed by atoms with Crippen LogP contribution in [-0.2, 0) is 11.3 Å². The number of aromatic nitrogens is 2. The third-order valence-electron chi connectivity index (χ3n) is 8.50. The molecule has 1 aliphatic carbocycles. The first kappa shape index (κ1) is 28.9. The van der Waals surface area contributed by atoms with E-state index in [1.165, 1.54) is 0 Å². The molecule has 2 N–H and O–H groups in total. The molecule has 3 aliphatic rings. The maximum absolute atomic E-state index is 14.0. The second-order valence-corrected chi connectivity index (χ2v) is 11.6. The number of carbonyl (C=O) groups excluding carboxylic acids is 2. The van der Waals surface area contributed by atoms with Gasteiger partial charge in [-0.1, -0.05) is 30.3 Å². The molecule has 6 rings (SSSR count). The van der Waals surface area contributed by atoms with Crippen LogP contribution in [0, 0.1) is 5.92 Å². The summed E-state index contributed by atoms with van der Waals surface area (Å²) in [5.41, 5.74) is 3.34. The molecule has 1 saturated carbocycles. The average Bonchev–Trinajstić information content (AvgIpc) is 3.78. The van der Waals surface area contributed by atoms with Crippen LogP contribution in [0.1, 0.15) is 55.1 Å². The van der Waals surface area contributed by atoms with Crippen LogP contribution in [-0.4, -0.2) is 76.4 Å². The van der Waals surface area contributed by atoms with Crippen LogP contribution in [0.2, 0.25) is 0 Å². The summed E-state index contributed by atoms with van der Waals surface area (Å²) >= 11 is 0. The lowest BCUT2D eigenvalue weighted by Gasteiger charge is -2.40. The van der Waals surface area contributed by atoms with Crippen molar-refractivity contribution in [3.8, 4) is 17.1 Å². The van der Waals surface area contributed by atoms with Crippen molar-refractivity contribution in [3.05, 3.63) is 72.1 Å². The van der Waals surface area contributed by atoms with E-state index in [1.807, 2.05) is 61.5 Å². The molecule has 1 aromatic carbocycles. The van der Waals surface area contributed by atoms with Gasteiger partial charge in [0.25, 0.3) is 5.91 Å². The number of benzene rings is 1. The molecule has 2 amide bonds. The van der Waals surface area contributed by atoms with Gasteiger partial charge in [0.2, 0.25) is 5.88 Å². The molecule has 3 atom stereocenters. The number of likely N-dealkylation sites (tertiary alicyclic amines) is 1. The molecular weight excluding hydrogens is 546 g/mol. The molecule has 4 heterocycles. The number of rotatable bonds is 9. The van der Waals surface area contributed by atoms with Gasteiger partial charge in [-0.05, 0) is 74.8 Å². The summed E-state index contributed by atoms with van der Waals surface area (Å²) in [6.07, 6.45) is 5.17. The molecule has 226 valence electrons. The second kappa shape index (κ2) is 13.0. The lowest BCUT2D eigenvalue weighted by Crippen LogP contribution is -2.47. The van der Waals surface area contributed by atoms with E-state index >= 15 is 0 Å². The molecule has 2 aliphatic heterocycles. The summed E-state index contributed by atoms with van der Waals surface area (Å²) in [5, 5.41) is 13.6. The molecule has 10 heteroatoms. The fourth-order valence-corrected chi connectivity index (χ4v) is 6.15. The third-order valence-corrected chi connectivity index (χ3v) is 8.50. The zero-order valence-corrected chi connectivity index (χ0v) is 24.5. The minimum Gasteiger partial charge on any atom is -0.477 e. The van der Waals surface area contributed by atoms with Crippen molar-refractivity contribution < 1.29 is 24.2 Å². The summed E-state index contributed by atoms with van der Waals surface area (Å²) in [6.45, 7) is 4.09. The normalized spacial score (nSPS) is 21.9. The number of anilines is 1. The largest absolute Gasteiger partial charge is 0.477 e. The number of ether oxygens (including phenoxy) is 2. The van der Waals surface area contributed by atoms with Crippen LogP contribution in [0.3, 0.4) is 0 Å². The summed E-state index contributed by atoms with van der Waals surface area (Å²) in [4.78, 5) is 39.9. The Morgan fingerprint density at radius 2 is 1.86 bits per heavy atom. The minimum absolute atomic E-state index is 0.168. The van der Waals surface area contributed by atoms with E-state index in [4.69, 9.17) is 14.5 Å². The monoisotopic (exact) mass is 585 g/mol. The van der Waals surface area contributed by atoms with Crippen molar-refractivity contribution in [3.63, 3.8) is 0 Å². The number of amides is 2. The third kappa shape index (κ3) is 6.74. The number of piperidine rings is 1. The van der Waals surface area contributed by atoms with Crippen molar-refractivity contribution in [1.29, 1.82) is 0 Å². The molecule has 3 aromatic rings. The van der Waals surface area contributed by atoms with Gasteiger partial charge in [-0.15, -0.1) is 0 Å². The smallest absolute Gasteiger partial charge is 0.410 e. The summed E-state index contributed by atoms with van der Waals surface area (Å²) in [7, 11) is 0. The highest BCUT2D eigenvalue weighted by molar-refractivity contribution is 5.99. The number of pyridine rings is 2. The minimum atomic E-state index is -0.388. The highest BCUT2D eigenvalue weighted by atomic mass is 16.6. The number of aliphatic hydroxyl groups is 1. The first-order chi connectivity index (χ1) is 21.0. The van der Waals surface area contributed by atoms with E-state index in [0.717, 1.165) is 24.1 Å². The summed E-state index contributed by atoms with van der Waals surface area (Å²) in [6, 6.07) is 17.1. The zero-order valence-electron chi connectivity index (χ0n) is 24.5. The molecule has 0 spiro atoms. The fourth-order valence-electron chi connectivity index (χ4n) is 6.15. The second-order valence-electron chi connectivity index (χ2n) is 11.6. The van der Waals surface area contributed by atoms with Crippen LogP contribution in [0.25, 0.3) is 11.3 Å². The van der Waals surface area contributed by atoms with Crippen LogP contribution in [0.5, 0.6) is 5.88 Å². The quantitative estimate of drug-likeness (QED) is 0.379. The van der Waals surface area contributed by atoms with E-state index in [9.17, 15) is 14.7 Å². The highest BCUT2D eigenvalue weighted by Gasteiger charge is 2.40. The maximum atomic E-state index is 14.0. The van der Waals surface area contributed by atoms with Gasteiger partial charge in [0.1, 0.15) is 6.61 Å². The van der Waals surface area contributed by atoms with E-state index < -0.39 is 0 Å². The molecule has 10 nitrogen and oxygen atoms in total. The van der Waals surface area contributed by atoms with Crippen molar-refractivity contribution in [2.75, 3.05) is 31.1 Å². The number of hydrogen-bond donors (Lipinski definition) is 2. The Morgan fingerprint density at radius 3 is 2.65 bits per heavy atom. The van der Waals surface area contributed by atoms with Crippen LogP contribution in [0.4, 0.5) is 10.5 Å². The molecular formula is C33H39N5O5. The Hall–Kier alpha value is -4.18. The first-order valence-electron chi connectivity index (χ1n) is 15.3. The molecule has 2 saturated heterocycles. The lowest BCUT2D eigenvalue weighted by atomic mass is 9.94. The van der Waals surface area contributed by atoms with Gasteiger partial charge in [-0.25, -0.2) is 14.8 Å². The standard InChI is InChI=1S/C33H39N5O5/c1-2-42-32-26(9-6-16-34-32)27-12-13-28(38-18-15-25(39)19-29(38)23-10-11-23)30(36-27)31(40)35-24-14-17-37(20-24)33(41)43-21-22-7-4-3-5-8-22/h3-9,12-13,16,23-25,29,39H,2,10-11,14-15,17-21H2,1H3,(H,35,40)/t24-,25+,29-/m1/s1. The van der Waals surface area contributed by atoms with E-state index in [0.29, 0.717) is 74.3 Å². The fraction of sp³-hybridized carbons (Fsp3) is 0.455. The molecule has 0 unspecified atom stereocenters. The van der Waals surface area contributed by atoms with Crippen molar-refractivity contribution in [2.45, 2.75) is 63.8 Å². The van der Waals surface area contributed by atoms with Gasteiger partial charge in [0, 0.05) is 37.9 Å². The topological polar surface area (TPSA) is 117 Å². The number of nitrogens with zero attached hydrogens (tertiary/aromatic N) is 4. The van der Waals surface area contributed by atoms with Crippen LogP contribution < -0.4 is 15.0 Å². The van der Waals surface area contributed by atoms with Crippen LogP contribution in [0.15, 0.2) is 60.8 Å². The highest BCUT2D eigenvalue weighted by Crippen LogP contribution is 2.42.